The number of aromatic hydroxyl groups is 3. The minimum absolute atomic E-state index is 0.0203. The van der Waals surface area contributed by atoms with Crippen LogP contribution in [0.25, 0.3) is 0 Å². The molecule has 1 fully saturated rings. The number of methoxy groups -OCH3 is 4. The number of carbonyl (C=O) groups is 1. The fourth-order valence-electron chi connectivity index (χ4n) is 7.43. The summed E-state index contributed by atoms with van der Waals surface area (Å²) in [6, 6.07) is 16.3. The molecule has 0 amide bonds. The van der Waals surface area contributed by atoms with E-state index in [4.69, 9.17) is 28.4 Å². The van der Waals surface area contributed by atoms with Gasteiger partial charge in [-0.3, -0.25) is 4.79 Å². The summed E-state index contributed by atoms with van der Waals surface area (Å²) in [5.74, 6) is -1.57. The summed E-state index contributed by atoms with van der Waals surface area (Å²) in [6.45, 7) is -0.620. The Morgan fingerprint density at radius 2 is 1.40 bits per heavy atom. The van der Waals surface area contributed by atoms with E-state index in [0.717, 1.165) is 11.1 Å². The lowest BCUT2D eigenvalue weighted by atomic mass is 9.82. The normalized spacial score (nSPS) is 20.2. The Morgan fingerprint density at radius 3 is 2.06 bits per heavy atom. The number of fused-ring (bicyclic) bond motifs is 1. The van der Waals surface area contributed by atoms with E-state index in [-0.39, 0.29) is 65.2 Å². The number of rotatable bonds is 14. The predicted molar refractivity (Wildman–Crippen MR) is 190 cm³/mol. The summed E-state index contributed by atoms with van der Waals surface area (Å²) in [5.41, 5.74) is 3.46. The van der Waals surface area contributed by atoms with Crippen LogP contribution in [-0.4, -0.2) is 84.9 Å². The molecule has 2 aliphatic heterocycles. The zero-order valence-corrected chi connectivity index (χ0v) is 29.8. The summed E-state index contributed by atoms with van der Waals surface area (Å²) in [7, 11) is 5.75. The molecule has 0 unspecified atom stereocenters. The van der Waals surface area contributed by atoms with E-state index in [2.05, 4.69) is 0 Å². The lowest BCUT2D eigenvalue weighted by Gasteiger charge is -2.25. The fraction of sp³-hybridized carbons (Fsp3) is 0.375. The van der Waals surface area contributed by atoms with Gasteiger partial charge in [-0.05, 0) is 71.5 Å². The number of aliphatic hydroxyl groups is 3. The van der Waals surface area contributed by atoms with Gasteiger partial charge >= 0.3 is 5.97 Å². The molecular formula is C40H44O13. The highest BCUT2D eigenvalue weighted by atomic mass is 16.5. The average molecular weight is 733 g/mol. The first kappa shape index (κ1) is 37.4. The van der Waals surface area contributed by atoms with Crippen molar-refractivity contribution < 1.29 is 63.9 Å². The highest BCUT2D eigenvalue weighted by molar-refractivity contribution is 5.75. The zero-order valence-electron chi connectivity index (χ0n) is 29.8. The van der Waals surface area contributed by atoms with Crippen molar-refractivity contribution in [3.63, 3.8) is 0 Å². The Labute approximate surface area is 306 Å². The Morgan fingerprint density at radius 1 is 0.755 bits per heavy atom. The van der Waals surface area contributed by atoms with Gasteiger partial charge in [0.1, 0.15) is 6.10 Å². The Bertz CT molecular complexity index is 1960. The van der Waals surface area contributed by atoms with Crippen molar-refractivity contribution in [2.75, 3.05) is 48.3 Å². The third kappa shape index (κ3) is 7.19. The molecule has 0 aromatic heterocycles. The Kier molecular flexibility index (Phi) is 11.1. The smallest absolute Gasteiger partial charge is 0.309 e. The molecule has 6 N–H and O–H groups in total. The monoisotopic (exact) mass is 732 g/mol. The second-order valence-electron chi connectivity index (χ2n) is 13.3. The average Bonchev–Trinajstić information content (AvgIpc) is 3.71. The number of hydrogen-bond donors (Lipinski definition) is 6. The number of phenols is 3. The number of phenolic OH excluding ortho intramolecular Hbond substituents is 3. The highest BCUT2D eigenvalue weighted by Crippen LogP contribution is 2.52. The van der Waals surface area contributed by atoms with E-state index in [1.54, 1.807) is 24.3 Å². The van der Waals surface area contributed by atoms with Crippen LogP contribution in [0.15, 0.2) is 60.7 Å². The lowest BCUT2D eigenvalue weighted by Crippen LogP contribution is -2.21. The SMILES string of the molecule is COc1cc([C@@H](O)[C@H](CO)c2cc(C[C@H]3COC(=O)[C@@H]3Cc3cc(OC)c4c(c3)[C@H](CO)[C@@H](c3ccc(O)c(OC)c3)O4)cc(OC)c2O)ccc1O. The van der Waals surface area contributed by atoms with Crippen molar-refractivity contribution in [1.82, 2.24) is 0 Å². The van der Waals surface area contributed by atoms with Crippen molar-refractivity contribution >= 4 is 5.97 Å². The Hall–Kier alpha value is -5.37. The van der Waals surface area contributed by atoms with Gasteiger partial charge in [0, 0.05) is 23.0 Å². The van der Waals surface area contributed by atoms with Crippen molar-refractivity contribution in [1.29, 1.82) is 0 Å². The minimum atomic E-state index is -1.29. The van der Waals surface area contributed by atoms with E-state index >= 15 is 0 Å². The molecule has 13 heteroatoms. The summed E-state index contributed by atoms with van der Waals surface area (Å²) in [4.78, 5) is 13.2. The van der Waals surface area contributed by atoms with Crippen LogP contribution in [0, 0.1) is 11.8 Å². The van der Waals surface area contributed by atoms with Crippen molar-refractivity contribution in [2.45, 2.75) is 36.9 Å². The van der Waals surface area contributed by atoms with E-state index < -0.39 is 36.6 Å². The summed E-state index contributed by atoms with van der Waals surface area (Å²) in [5, 5.41) is 63.6. The number of ether oxygens (including phenoxy) is 6. The molecule has 4 aromatic rings. The van der Waals surface area contributed by atoms with Crippen molar-refractivity contribution in [3.05, 3.63) is 94.0 Å². The number of aliphatic hydroxyl groups excluding tert-OH is 3. The first-order valence-electron chi connectivity index (χ1n) is 17.1. The molecule has 2 aliphatic rings. The molecule has 0 saturated carbocycles. The van der Waals surface area contributed by atoms with Crippen LogP contribution in [0.4, 0.5) is 0 Å². The molecule has 4 aromatic carbocycles. The molecule has 0 bridgehead atoms. The third-order valence-corrected chi connectivity index (χ3v) is 10.3. The third-order valence-electron chi connectivity index (χ3n) is 10.3. The van der Waals surface area contributed by atoms with E-state index in [0.29, 0.717) is 41.0 Å². The van der Waals surface area contributed by atoms with E-state index in [1.165, 1.54) is 52.7 Å². The van der Waals surface area contributed by atoms with E-state index in [1.807, 2.05) is 12.1 Å². The number of hydrogen-bond acceptors (Lipinski definition) is 13. The molecule has 6 rings (SSSR count). The van der Waals surface area contributed by atoms with Crippen LogP contribution in [0.2, 0.25) is 0 Å². The van der Waals surface area contributed by atoms with Crippen LogP contribution < -0.4 is 23.7 Å². The highest BCUT2D eigenvalue weighted by Gasteiger charge is 2.41. The van der Waals surface area contributed by atoms with Gasteiger partial charge in [-0.2, -0.15) is 0 Å². The van der Waals surface area contributed by atoms with Crippen LogP contribution in [0.5, 0.6) is 46.0 Å². The molecule has 2 heterocycles. The van der Waals surface area contributed by atoms with Gasteiger partial charge in [0.25, 0.3) is 0 Å². The van der Waals surface area contributed by atoms with Crippen LogP contribution in [0.1, 0.15) is 57.4 Å². The molecule has 1 saturated heterocycles. The van der Waals surface area contributed by atoms with Gasteiger partial charge in [-0.15, -0.1) is 0 Å². The van der Waals surface area contributed by atoms with Gasteiger partial charge in [-0.25, -0.2) is 0 Å². The van der Waals surface area contributed by atoms with Crippen LogP contribution >= 0.6 is 0 Å². The van der Waals surface area contributed by atoms with Crippen molar-refractivity contribution in [3.8, 4) is 46.0 Å². The number of cyclic esters (lactones) is 1. The number of benzene rings is 4. The first-order valence-corrected chi connectivity index (χ1v) is 17.1. The van der Waals surface area contributed by atoms with E-state index in [9.17, 15) is 35.4 Å². The standard InChI is InChI=1S/C40H44O13/c1-48-32-15-22(5-7-30(32)43)36(45)28(17-41)26-11-20(13-34(50-3)37(26)46)9-24-19-52-40(47)25(24)10-21-12-27-29(18-42)38(53-39(27)35(14-21)51-4)23-6-8-31(44)33(16-23)49-2/h5-8,11-16,24-25,28-29,36,38,41-46H,9-10,17-19H2,1-4H3/t24-,25+,28+,29-,36+,38+/m0/s1. The molecule has 0 aliphatic carbocycles. The molecule has 282 valence electrons. The topological polar surface area (TPSA) is 194 Å². The van der Waals surface area contributed by atoms with Crippen molar-refractivity contribution in [2.24, 2.45) is 11.8 Å². The summed E-state index contributed by atoms with van der Waals surface area (Å²) in [6.07, 6.45) is -1.24. The molecule has 6 atom stereocenters. The summed E-state index contributed by atoms with van der Waals surface area (Å²) >= 11 is 0. The fourth-order valence-corrected chi connectivity index (χ4v) is 7.43. The zero-order chi connectivity index (χ0) is 38.0. The largest absolute Gasteiger partial charge is 0.504 e. The summed E-state index contributed by atoms with van der Waals surface area (Å²) < 4.78 is 33.6. The maximum Gasteiger partial charge on any atom is 0.309 e. The molecular weight excluding hydrogens is 688 g/mol. The number of carbonyl (C=O) groups excluding carboxylic acids is 1. The quantitative estimate of drug-likeness (QED) is 0.0999. The first-order chi connectivity index (χ1) is 25.5. The molecule has 53 heavy (non-hydrogen) atoms. The van der Waals surface area contributed by atoms with Crippen LogP contribution in [-0.2, 0) is 22.4 Å². The second kappa shape index (κ2) is 15.7. The Balaban J connectivity index is 1.27. The molecule has 0 spiro atoms. The second-order valence-corrected chi connectivity index (χ2v) is 13.3. The minimum Gasteiger partial charge on any atom is -0.504 e. The van der Waals surface area contributed by atoms with Gasteiger partial charge < -0.3 is 59.1 Å². The predicted octanol–water partition coefficient (Wildman–Crippen LogP) is 4.43. The lowest BCUT2D eigenvalue weighted by molar-refractivity contribution is -0.141. The van der Waals surface area contributed by atoms with Crippen LogP contribution in [0.3, 0.4) is 0 Å². The molecule has 13 nitrogen and oxygen atoms in total. The number of esters is 1. The van der Waals surface area contributed by atoms with Gasteiger partial charge in [0.2, 0.25) is 0 Å². The van der Waals surface area contributed by atoms with Gasteiger partial charge in [-0.1, -0.05) is 24.3 Å². The maximum atomic E-state index is 13.2. The molecule has 0 radical (unpaired) electrons. The maximum absolute atomic E-state index is 13.2. The van der Waals surface area contributed by atoms with Gasteiger partial charge in [0.05, 0.1) is 66.2 Å². The van der Waals surface area contributed by atoms with Gasteiger partial charge in [0.15, 0.2) is 46.0 Å².